The Balaban J connectivity index is 2.78. The van der Waals surface area contributed by atoms with Gasteiger partial charge in [-0.15, -0.1) is 11.3 Å². The standard InChI is InChI=1S/C10H13BrOS/c1-3-7(4-2)10(12)9-5-8(11)6-13-9/h5-7H,3-4H2,1-2H3. The number of ketones is 1. The van der Waals surface area contributed by atoms with E-state index in [0.717, 1.165) is 22.2 Å². The minimum absolute atomic E-state index is 0.200. The van der Waals surface area contributed by atoms with Gasteiger partial charge in [-0.3, -0.25) is 4.79 Å². The van der Waals surface area contributed by atoms with Crippen LogP contribution in [0.1, 0.15) is 36.4 Å². The van der Waals surface area contributed by atoms with E-state index in [0.29, 0.717) is 5.78 Å². The molecule has 0 aliphatic heterocycles. The lowest BCUT2D eigenvalue weighted by Gasteiger charge is -2.08. The lowest BCUT2D eigenvalue weighted by Crippen LogP contribution is -2.11. The molecule has 1 rings (SSSR count). The van der Waals surface area contributed by atoms with Gasteiger partial charge in [-0.05, 0) is 34.8 Å². The molecule has 13 heavy (non-hydrogen) atoms. The van der Waals surface area contributed by atoms with E-state index < -0.39 is 0 Å². The second kappa shape index (κ2) is 4.91. The van der Waals surface area contributed by atoms with Crippen molar-refractivity contribution in [2.45, 2.75) is 26.7 Å². The highest BCUT2D eigenvalue weighted by Gasteiger charge is 2.17. The second-order valence-corrected chi connectivity index (χ2v) is 4.83. The molecule has 0 bridgehead atoms. The normalized spacial score (nSPS) is 10.8. The van der Waals surface area contributed by atoms with E-state index in [1.54, 1.807) is 0 Å². The van der Waals surface area contributed by atoms with Gasteiger partial charge in [0.25, 0.3) is 0 Å². The number of halogens is 1. The first-order chi connectivity index (χ1) is 6.19. The first-order valence-electron chi connectivity index (χ1n) is 4.47. The van der Waals surface area contributed by atoms with Crippen LogP contribution in [0.4, 0.5) is 0 Å². The maximum atomic E-state index is 11.8. The van der Waals surface area contributed by atoms with Crippen LogP contribution in [0, 0.1) is 5.92 Å². The average Bonchev–Trinajstić information content (AvgIpc) is 2.54. The molecule has 0 atom stereocenters. The zero-order chi connectivity index (χ0) is 9.84. The van der Waals surface area contributed by atoms with Crippen LogP contribution in [-0.4, -0.2) is 5.78 Å². The topological polar surface area (TPSA) is 17.1 Å². The Hall–Kier alpha value is -0.150. The quantitative estimate of drug-likeness (QED) is 0.745. The molecule has 3 heteroatoms. The van der Waals surface area contributed by atoms with E-state index in [9.17, 15) is 4.79 Å². The molecule has 1 nitrogen and oxygen atoms in total. The van der Waals surface area contributed by atoms with Gasteiger partial charge in [0.15, 0.2) is 5.78 Å². The van der Waals surface area contributed by atoms with E-state index in [2.05, 4.69) is 29.8 Å². The number of rotatable bonds is 4. The molecule has 0 spiro atoms. The van der Waals surface area contributed by atoms with Gasteiger partial charge >= 0.3 is 0 Å². The number of carbonyl (C=O) groups is 1. The molecular formula is C10H13BrOS. The molecule has 0 aliphatic rings. The fourth-order valence-electron chi connectivity index (χ4n) is 1.30. The highest BCUT2D eigenvalue weighted by molar-refractivity contribution is 9.10. The second-order valence-electron chi connectivity index (χ2n) is 3.01. The molecule has 0 aromatic carbocycles. The maximum absolute atomic E-state index is 11.8. The summed E-state index contributed by atoms with van der Waals surface area (Å²) in [5.41, 5.74) is 0. The van der Waals surface area contributed by atoms with Gasteiger partial charge in [0.1, 0.15) is 0 Å². The monoisotopic (exact) mass is 260 g/mol. The summed E-state index contributed by atoms with van der Waals surface area (Å²) in [6, 6.07) is 1.91. The van der Waals surface area contributed by atoms with E-state index in [1.165, 1.54) is 11.3 Å². The summed E-state index contributed by atoms with van der Waals surface area (Å²) in [6.45, 7) is 4.13. The Labute approximate surface area is 91.3 Å². The van der Waals surface area contributed by atoms with Crippen molar-refractivity contribution < 1.29 is 4.79 Å². The first-order valence-corrected chi connectivity index (χ1v) is 6.14. The summed E-state index contributed by atoms with van der Waals surface area (Å²) in [7, 11) is 0. The van der Waals surface area contributed by atoms with Crippen molar-refractivity contribution in [2.75, 3.05) is 0 Å². The molecule has 0 saturated heterocycles. The Kier molecular flexibility index (Phi) is 4.13. The highest BCUT2D eigenvalue weighted by atomic mass is 79.9. The molecule has 0 fully saturated rings. The van der Waals surface area contributed by atoms with Gasteiger partial charge in [-0.1, -0.05) is 13.8 Å². The van der Waals surface area contributed by atoms with E-state index in [4.69, 9.17) is 0 Å². The van der Waals surface area contributed by atoms with Crippen LogP contribution in [-0.2, 0) is 0 Å². The Morgan fingerprint density at radius 3 is 2.54 bits per heavy atom. The summed E-state index contributed by atoms with van der Waals surface area (Å²) >= 11 is 4.87. The van der Waals surface area contributed by atoms with Gasteiger partial charge in [-0.2, -0.15) is 0 Å². The van der Waals surface area contributed by atoms with Crippen molar-refractivity contribution in [3.05, 3.63) is 20.8 Å². The molecule has 0 amide bonds. The molecule has 0 radical (unpaired) electrons. The first kappa shape index (κ1) is 10.9. The number of thiophene rings is 1. The van der Waals surface area contributed by atoms with E-state index in [1.807, 2.05) is 11.4 Å². The lowest BCUT2D eigenvalue weighted by atomic mass is 9.97. The van der Waals surface area contributed by atoms with Crippen molar-refractivity contribution in [1.29, 1.82) is 0 Å². The summed E-state index contributed by atoms with van der Waals surface area (Å²) < 4.78 is 1.01. The number of carbonyl (C=O) groups excluding carboxylic acids is 1. The largest absolute Gasteiger partial charge is 0.293 e. The van der Waals surface area contributed by atoms with Crippen LogP contribution in [0.15, 0.2) is 15.9 Å². The zero-order valence-electron chi connectivity index (χ0n) is 7.84. The Morgan fingerprint density at radius 2 is 2.15 bits per heavy atom. The number of hydrogen-bond donors (Lipinski definition) is 0. The van der Waals surface area contributed by atoms with Crippen molar-refractivity contribution >= 4 is 33.0 Å². The summed E-state index contributed by atoms with van der Waals surface area (Å²) in [4.78, 5) is 12.7. The van der Waals surface area contributed by atoms with Crippen molar-refractivity contribution in [1.82, 2.24) is 0 Å². The molecule has 72 valence electrons. The third-order valence-electron chi connectivity index (χ3n) is 2.17. The molecule has 0 unspecified atom stereocenters. The molecule has 0 aliphatic carbocycles. The van der Waals surface area contributed by atoms with Gasteiger partial charge in [0.2, 0.25) is 0 Å². The molecule has 1 aromatic heterocycles. The summed E-state index contributed by atoms with van der Waals surface area (Å²) in [6.07, 6.45) is 1.87. The average molecular weight is 261 g/mol. The van der Waals surface area contributed by atoms with Gasteiger partial charge in [0.05, 0.1) is 4.88 Å². The highest BCUT2D eigenvalue weighted by Crippen LogP contribution is 2.24. The third-order valence-corrected chi connectivity index (χ3v) is 3.87. The van der Waals surface area contributed by atoms with Crippen LogP contribution >= 0.6 is 27.3 Å². The predicted molar refractivity (Wildman–Crippen MR) is 60.4 cm³/mol. The Morgan fingerprint density at radius 1 is 1.54 bits per heavy atom. The van der Waals surface area contributed by atoms with Crippen LogP contribution in [0.3, 0.4) is 0 Å². The molecule has 1 heterocycles. The van der Waals surface area contributed by atoms with E-state index in [-0.39, 0.29) is 5.92 Å². The SMILES string of the molecule is CCC(CC)C(=O)c1cc(Br)cs1. The summed E-state index contributed by atoms with van der Waals surface area (Å²) in [5, 5.41) is 1.95. The van der Waals surface area contributed by atoms with Crippen LogP contribution in [0.2, 0.25) is 0 Å². The molecule has 1 aromatic rings. The Bertz CT molecular complexity index is 289. The molecule has 0 N–H and O–H groups in total. The smallest absolute Gasteiger partial charge is 0.175 e. The fourth-order valence-corrected chi connectivity index (χ4v) is 2.75. The van der Waals surface area contributed by atoms with Crippen molar-refractivity contribution in [3.8, 4) is 0 Å². The van der Waals surface area contributed by atoms with E-state index >= 15 is 0 Å². The van der Waals surface area contributed by atoms with Crippen LogP contribution in [0.25, 0.3) is 0 Å². The number of hydrogen-bond acceptors (Lipinski definition) is 2. The number of Topliss-reactive ketones (excluding diaryl/α,β-unsaturated/α-hetero) is 1. The molecular weight excluding hydrogens is 248 g/mol. The van der Waals surface area contributed by atoms with Crippen molar-refractivity contribution in [2.24, 2.45) is 5.92 Å². The molecule has 0 saturated carbocycles. The fraction of sp³-hybridized carbons (Fsp3) is 0.500. The van der Waals surface area contributed by atoms with Crippen LogP contribution < -0.4 is 0 Å². The zero-order valence-corrected chi connectivity index (χ0v) is 10.2. The minimum atomic E-state index is 0.200. The summed E-state index contributed by atoms with van der Waals surface area (Å²) in [5.74, 6) is 0.492. The third kappa shape index (κ3) is 2.64. The van der Waals surface area contributed by atoms with Crippen molar-refractivity contribution in [3.63, 3.8) is 0 Å². The predicted octanol–water partition coefficient (Wildman–Crippen LogP) is 4.13. The maximum Gasteiger partial charge on any atom is 0.175 e. The van der Waals surface area contributed by atoms with Gasteiger partial charge in [0, 0.05) is 15.8 Å². The van der Waals surface area contributed by atoms with Gasteiger partial charge < -0.3 is 0 Å². The van der Waals surface area contributed by atoms with Crippen LogP contribution in [0.5, 0.6) is 0 Å². The van der Waals surface area contributed by atoms with Gasteiger partial charge in [-0.25, -0.2) is 0 Å². The lowest BCUT2D eigenvalue weighted by molar-refractivity contribution is 0.0917. The minimum Gasteiger partial charge on any atom is -0.293 e.